The molecule has 0 spiro atoms. The molecule has 1 N–H and O–H groups in total. The van der Waals surface area contributed by atoms with Crippen molar-refractivity contribution in [2.45, 2.75) is 64.0 Å². The summed E-state index contributed by atoms with van der Waals surface area (Å²) < 4.78 is 15.9. The summed E-state index contributed by atoms with van der Waals surface area (Å²) in [4.78, 5) is 69.3. The molecule has 0 amide bonds. The maximum atomic E-state index is 13.7. The predicted octanol–water partition coefficient (Wildman–Crippen LogP) is 0.135. The molecule has 5 atom stereocenters. The molecule has 0 radical (unpaired) electrons. The van der Waals surface area contributed by atoms with Crippen LogP contribution in [0, 0.1) is 0 Å². The van der Waals surface area contributed by atoms with Crippen molar-refractivity contribution in [3.63, 3.8) is 0 Å². The van der Waals surface area contributed by atoms with Crippen LogP contribution in [0.4, 0.5) is 0 Å². The number of nitrogens with zero attached hydrogens (tertiary/aromatic N) is 2. The van der Waals surface area contributed by atoms with Gasteiger partial charge in [0, 0.05) is 46.4 Å². The van der Waals surface area contributed by atoms with Crippen LogP contribution in [-0.2, 0) is 38.2 Å². The monoisotopic (exact) mass is 526 g/mol. The van der Waals surface area contributed by atoms with Gasteiger partial charge < -0.3 is 19.3 Å². The number of fused-ring (bicyclic) bond motifs is 5. The van der Waals surface area contributed by atoms with E-state index in [1.165, 1.54) is 28.1 Å². The molecule has 2 bridgehead atoms. The Hall–Kier alpha value is -3.41. The van der Waals surface area contributed by atoms with Crippen molar-refractivity contribution in [2.75, 3.05) is 27.9 Å². The molecule has 11 nitrogen and oxygen atoms in total. The summed E-state index contributed by atoms with van der Waals surface area (Å²) >= 11 is 0. The summed E-state index contributed by atoms with van der Waals surface area (Å²) in [6, 6.07) is -2.93. The molecule has 0 aromatic carbocycles. The van der Waals surface area contributed by atoms with Crippen molar-refractivity contribution in [1.82, 2.24) is 9.80 Å². The second-order valence-corrected chi connectivity index (χ2v) is 10.2. The maximum Gasteiger partial charge on any atom is 0.302 e. The minimum Gasteiger partial charge on any atom is -0.492 e. The normalized spacial score (nSPS) is 31.9. The number of piperazine rings is 1. The minimum atomic E-state index is -1.19. The first-order valence-corrected chi connectivity index (χ1v) is 12.4. The quantitative estimate of drug-likeness (QED) is 0.395. The molecule has 0 saturated carbocycles. The van der Waals surface area contributed by atoms with Crippen LogP contribution in [0.3, 0.4) is 0 Å². The van der Waals surface area contributed by atoms with E-state index in [-0.39, 0.29) is 70.4 Å². The fraction of sp³-hybridized carbons (Fsp3) is 0.519. The van der Waals surface area contributed by atoms with Crippen LogP contribution in [0.25, 0.3) is 0 Å². The van der Waals surface area contributed by atoms with E-state index in [9.17, 15) is 29.1 Å². The van der Waals surface area contributed by atoms with E-state index in [0.717, 1.165) is 0 Å². The van der Waals surface area contributed by atoms with E-state index in [0.29, 0.717) is 5.57 Å². The molecular formula is C27H30N2O9. The molecule has 0 aromatic rings. The standard InChI is InChI=1S/C27H30N2O9/c1-10-21(31)13-7-15-20-19-14(22(32)11(2)26(37-6)24(19)34)8-16(28(20)4)27(35)29(15)17(9-38-12(3)30)18(13)23(33)25(10)36-5/h15-17,20,27,35H,7-9H2,1-6H3/t15-,16+,17-,20+,27-/m0/s1. The van der Waals surface area contributed by atoms with Crippen LogP contribution in [0.2, 0.25) is 0 Å². The summed E-state index contributed by atoms with van der Waals surface area (Å²) in [7, 11) is 4.41. The van der Waals surface area contributed by atoms with Crippen molar-refractivity contribution >= 4 is 29.1 Å². The lowest BCUT2D eigenvalue weighted by atomic mass is 9.68. The molecule has 5 aliphatic rings. The highest BCUT2D eigenvalue weighted by Crippen LogP contribution is 2.48. The van der Waals surface area contributed by atoms with Crippen LogP contribution in [-0.4, -0.2) is 102 Å². The average Bonchev–Trinajstić information content (AvgIpc) is 2.87. The zero-order chi connectivity index (χ0) is 27.8. The number of esters is 1. The first kappa shape index (κ1) is 26.2. The highest BCUT2D eigenvalue weighted by Gasteiger charge is 2.59. The van der Waals surface area contributed by atoms with Gasteiger partial charge in [0.15, 0.2) is 23.1 Å². The van der Waals surface area contributed by atoms with Crippen molar-refractivity contribution in [1.29, 1.82) is 0 Å². The number of likely N-dealkylation sites (N-methyl/N-ethyl adjacent to an activating group) is 1. The fourth-order valence-electron chi connectivity index (χ4n) is 6.78. The van der Waals surface area contributed by atoms with Crippen molar-refractivity contribution in [3.05, 3.63) is 45.0 Å². The first-order chi connectivity index (χ1) is 18.0. The molecule has 11 heteroatoms. The summed E-state index contributed by atoms with van der Waals surface area (Å²) in [5.41, 5.74) is 1.32. The summed E-state index contributed by atoms with van der Waals surface area (Å²) in [5, 5.41) is 11.7. The number of methoxy groups -OCH3 is 2. The molecule has 2 aliphatic carbocycles. The van der Waals surface area contributed by atoms with Crippen molar-refractivity contribution in [2.24, 2.45) is 0 Å². The number of hydrogen-bond acceptors (Lipinski definition) is 11. The molecule has 38 heavy (non-hydrogen) atoms. The lowest BCUT2D eigenvalue weighted by Gasteiger charge is -2.60. The zero-order valence-electron chi connectivity index (χ0n) is 22.1. The Kier molecular flexibility index (Phi) is 6.28. The van der Waals surface area contributed by atoms with Gasteiger partial charge in [0.25, 0.3) is 0 Å². The van der Waals surface area contributed by atoms with Gasteiger partial charge in [0.2, 0.25) is 11.6 Å². The number of Topliss-reactive ketones (excluding diaryl/α,β-unsaturated/α-hetero) is 4. The van der Waals surface area contributed by atoms with Crippen LogP contribution in [0.1, 0.15) is 33.6 Å². The lowest BCUT2D eigenvalue weighted by Crippen LogP contribution is -2.74. The Morgan fingerprint density at radius 1 is 0.868 bits per heavy atom. The van der Waals surface area contributed by atoms with Gasteiger partial charge in [0.05, 0.1) is 32.3 Å². The van der Waals surface area contributed by atoms with Crippen LogP contribution >= 0.6 is 0 Å². The first-order valence-electron chi connectivity index (χ1n) is 12.4. The lowest BCUT2D eigenvalue weighted by molar-refractivity contribution is -0.171. The molecule has 1 saturated heterocycles. The van der Waals surface area contributed by atoms with Gasteiger partial charge in [-0.25, -0.2) is 0 Å². The number of carbonyl (C=O) groups excluding carboxylic acids is 5. The van der Waals surface area contributed by atoms with Gasteiger partial charge >= 0.3 is 5.97 Å². The third-order valence-electron chi connectivity index (χ3n) is 8.49. The van der Waals surface area contributed by atoms with Gasteiger partial charge in [-0.2, -0.15) is 0 Å². The highest BCUT2D eigenvalue weighted by molar-refractivity contribution is 6.26. The molecule has 5 rings (SSSR count). The molecule has 0 aromatic heterocycles. The van der Waals surface area contributed by atoms with Crippen molar-refractivity contribution < 1.29 is 43.3 Å². The number of ether oxygens (including phenoxy) is 3. The Labute approximate surface area is 219 Å². The van der Waals surface area contributed by atoms with Crippen LogP contribution in [0.15, 0.2) is 45.0 Å². The Bertz CT molecular complexity index is 1330. The van der Waals surface area contributed by atoms with Gasteiger partial charge in [0.1, 0.15) is 12.8 Å². The molecule has 3 heterocycles. The highest BCUT2D eigenvalue weighted by atomic mass is 16.5. The third kappa shape index (κ3) is 3.41. The molecule has 202 valence electrons. The summed E-state index contributed by atoms with van der Waals surface area (Å²) in [6.07, 6.45) is -1.05. The number of allylic oxidation sites excluding steroid dienone is 4. The number of hydrogen-bond donors (Lipinski definition) is 1. The van der Waals surface area contributed by atoms with E-state index < -0.39 is 47.9 Å². The van der Waals surface area contributed by atoms with E-state index >= 15 is 0 Å². The zero-order valence-corrected chi connectivity index (χ0v) is 22.1. The number of aliphatic hydroxyl groups is 1. The smallest absolute Gasteiger partial charge is 0.302 e. The van der Waals surface area contributed by atoms with Gasteiger partial charge in [-0.15, -0.1) is 0 Å². The Morgan fingerprint density at radius 3 is 1.89 bits per heavy atom. The van der Waals surface area contributed by atoms with Gasteiger partial charge in [-0.05, 0) is 33.7 Å². The van der Waals surface area contributed by atoms with E-state index in [1.807, 2.05) is 4.90 Å². The summed E-state index contributed by atoms with van der Waals surface area (Å²) in [6.45, 7) is 3.99. The van der Waals surface area contributed by atoms with Crippen molar-refractivity contribution in [3.8, 4) is 0 Å². The maximum absolute atomic E-state index is 13.7. The summed E-state index contributed by atoms with van der Waals surface area (Å²) in [5.74, 6) is -2.31. The minimum absolute atomic E-state index is 0.0297. The molecule has 0 unspecified atom stereocenters. The Balaban J connectivity index is 1.69. The van der Waals surface area contributed by atoms with Crippen LogP contribution < -0.4 is 0 Å². The van der Waals surface area contributed by atoms with Crippen LogP contribution in [0.5, 0.6) is 0 Å². The number of ketones is 4. The second kappa shape index (κ2) is 9.11. The SMILES string of the molecule is COC1=C(C)C(=O)C2=C(C1=O)[C@H]1[C@@H]3CC4=C(C(=O)C(OC)=C(C)C4=O)[C@H](COC(C)=O)N3[C@@H](O)[C@@H](C2)N1C. The van der Waals surface area contributed by atoms with E-state index in [4.69, 9.17) is 14.2 Å². The Morgan fingerprint density at radius 2 is 1.37 bits per heavy atom. The van der Waals surface area contributed by atoms with E-state index in [1.54, 1.807) is 18.9 Å². The number of rotatable bonds is 4. The van der Waals surface area contributed by atoms with E-state index in [2.05, 4.69) is 0 Å². The molecular weight excluding hydrogens is 496 g/mol. The number of carbonyl (C=O) groups is 5. The average molecular weight is 527 g/mol. The molecule has 1 fully saturated rings. The van der Waals surface area contributed by atoms with Gasteiger partial charge in [-0.3, -0.25) is 33.8 Å². The number of aliphatic hydroxyl groups excluding tert-OH is 1. The second-order valence-electron chi connectivity index (χ2n) is 10.2. The topological polar surface area (TPSA) is 140 Å². The predicted molar refractivity (Wildman–Crippen MR) is 130 cm³/mol. The fourth-order valence-corrected chi connectivity index (χ4v) is 6.78. The molecule has 3 aliphatic heterocycles. The largest absolute Gasteiger partial charge is 0.492 e. The van der Waals surface area contributed by atoms with Gasteiger partial charge in [-0.1, -0.05) is 0 Å². The third-order valence-corrected chi connectivity index (χ3v) is 8.49.